The normalized spacial score (nSPS) is 14.8. The van der Waals surface area contributed by atoms with Crippen LogP contribution in [0.2, 0.25) is 0 Å². The molecule has 0 aromatic carbocycles. The van der Waals surface area contributed by atoms with Gasteiger partial charge in [0.25, 0.3) is 0 Å². The maximum absolute atomic E-state index is 12.2. The molecule has 0 aliphatic carbocycles. The topological polar surface area (TPSA) is 23.5 Å². The molecule has 1 unspecified atom stereocenters. The number of aliphatic hydroxyl groups excluding tert-OH is 1. The van der Waals surface area contributed by atoms with E-state index in [1.54, 1.807) is 4.90 Å². The Morgan fingerprint density at radius 2 is 1.56 bits per heavy atom. The van der Waals surface area contributed by atoms with Gasteiger partial charge >= 0.3 is 6.18 Å². The first kappa shape index (κ1) is 15.7. The Kier molecular flexibility index (Phi) is 6.99. The lowest BCUT2D eigenvalue weighted by atomic mass is 10.0. The second kappa shape index (κ2) is 7.12. The predicted octanol–water partition coefficient (Wildman–Crippen LogP) is 2.67. The highest BCUT2D eigenvalue weighted by Gasteiger charge is 2.38. The van der Waals surface area contributed by atoms with Crippen LogP contribution < -0.4 is 0 Å². The number of rotatable bonds is 7. The van der Waals surface area contributed by atoms with E-state index in [0.717, 1.165) is 12.8 Å². The van der Waals surface area contributed by atoms with Crippen molar-refractivity contribution in [3.05, 3.63) is 0 Å². The highest BCUT2D eigenvalue weighted by Crippen LogP contribution is 2.21. The number of nitrogens with zero attached hydrogens (tertiary/aromatic N) is 1. The van der Waals surface area contributed by atoms with Crippen molar-refractivity contribution in [1.82, 2.24) is 4.90 Å². The van der Waals surface area contributed by atoms with Crippen molar-refractivity contribution in [2.45, 2.75) is 45.9 Å². The molecule has 2 nitrogen and oxygen atoms in total. The Hall–Kier alpha value is -0.290. The number of alkyl halides is 3. The van der Waals surface area contributed by atoms with E-state index in [4.69, 9.17) is 5.11 Å². The molecular formula is C11H22F3NO. The molecule has 0 saturated carbocycles. The van der Waals surface area contributed by atoms with Crippen LogP contribution >= 0.6 is 0 Å². The minimum atomic E-state index is -4.51. The molecule has 0 spiro atoms. The maximum atomic E-state index is 12.2. The molecular weight excluding hydrogens is 219 g/mol. The standard InChI is InChI=1S/C11H22F3NO/c1-4-9(5-2)7-15(6-3)8-10(16)11(12,13)14/h9-10,16H,4-8H2,1-3H3. The van der Waals surface area contributed by atoms with Gasteiger partial charge in [-0.15, -0.1) is 0 Å². The van der Waals surface area contributed by atoms with Crippen molar-refractivity contribution < 1.29 is 18.3 Å². The van der Waals surface area contributed by atoms with E-state index in [0.29, 0.717) is 19.0 Å². The quantitative estimate of drug-likeness (QED) is 0.740. The van der Waals surface area contributed by atoms with Crippen LogP contribution in [-0.2, 0) is 0 Å². The van der Waals surface area contributed by atoms with E-state index in [1.165, 1.54) is 0 Å². The first-order valence-electron chi connectivity index (χ1n) is 5.82. The summed E-state index contributed by atoms with van der Waals surface area (Å²) in [6.45, 7) is 6.70. The molecule has 0 aromatic rings. The molecule has 1 atom stereocenters. The summed E-state index contributed by atoms with van der Waals surface area (Å²) < 4.78 is 36.5. The minimum Gasteiger partial charge on any atom is -0.382 e. The Bertz CT molecular complexity index is 181. The molecule has 0 fully saturated rings. The molecule has 0 aromatic heterocycles. The third kappa shape index (κ3) is 5.70. The zero-order valence-electron chi connectivity index (χ0n) is 10.2. The fourth-order valence-corrected chi connectivity index (χ4v) is 1.59. The molecule has 5 heteroatoms. The zero-order chi connectivity index (χ0) is 12.8. The lowest BCUT2D eigenvalue weighted by Gasteiger charge is -2.28. The van der Waals surface area contributed by atoms with Gasteiger partial charge in [0, 0.05) is 13.1 Å². The molecule has 0 saturated heterocycles. The largest absolute Gasteiger partial charge is 0.415 e. The summed E-state index contributed by atoms with van der Waals surface area (Å²) in [7, 11) is 0. The van der Waals surface area contributed by atoms with Crippen LogP contribution in [0.4, 0.5) is 13.2 Å². The Labute approximate surface area is 95.4 Å². The van der Waals surface area contributed by atoms with Crippen LogP contribution in [0.3, 0.4) is 0 Å². The van der Waals surface area contributed by atoms with Gasteiger partial charge in [0.1, 0.15) is 0 Å². The van der Waals surface area contributed by atoms with Gasteiger partial charge in [-0.2, -0.15) is 13.2 Å². The van der Waals surface area contributed by atoms with Gasteiger partial charge in [-0.1, -0.05) is 33.6 Å². The van der Waals surface area contributed by atoms with Gasteiger partial charge in [0.05, 0.1) is 0 Å². The maximum Gasteiger partial charge on any atom is 0.415 e. The number of likely N-dealkylation sites (N-methyl/N-ethyl adjacent to an activating group) is 1. The van der Waals surface area contributed by atoms with Gasteiger partial charge < -0.3 is 10.0 Å². The third-order valence-electron chi connectivity index (χ3n) is 2.93. The van der Waals surface area contributed by atoms with E-state index in [2.05, 4.69) is 0 Å². The van der Waals surface area contributed by atoms with Crippen molar-refractivity contribution >= 4 is 0 Å². The third-order valence-corrected chi connectivity index (χ3v) is 2.93. The van der Waals surface area contributed by atoms with E-state index in [1.807, 2.05) is 20.8 Å². The SMILES string of the molecule is CCC(CC)CN(CC)CC(O)C(F)(F)F. The van der Waals surface area contributed by atoms with Gasteiger partial charge in [0.15, 0.2) is 6.10 Å². The average molecular weight is 241 g/mol. The average Bonchev–Trinajstić information content (AvgIpc) is 2.22. The molecule has 0 rings (SSSR count). The zero-order valence-corrected chi connectivity index (χ0v) is 10.2. The summed E-state index contributed by atoms with van der Waals surface area (Å²) in [5, 5.41) is 8.98. The van der Waals surface area contributed by atoms with Crippen LogP contribution in [0.5, 0.6) is 0 Å². The summed E-state index contributed by atoms with van der Waals surface area (Å²) in [6, 6.07) is 0. The molecule has 16 heavy (non-hydrogen) atoms. The molecule has 0 radical (unpaired) electrons. The first-order valence-corrected chi connectivity index (χ1v) is 5.82. The Balaban J connectivity index is 4.19. The highest BCUT2D eigenvalue weighted by atomic mass is 19.4. The van der Waals surface area contributed by atoms with Gasteiger partial charge in [-0.25, -0.2) is 0 Å². The van der Waals surface area contributed by atoms with Crippen LogP contribution in [-0.4, -0.2) is 41.9 Å². The van der Waals surface area contributed by atoms with Crippen LogP contribution in [0.1, 0.15) is 33.6 Å². The second-order valence-corrected chi connectivity index (χ2v) is 4.09. The first-order chi connectivity index (χ1) is 7.35. The smallest absolute Gasteiger partial charge is 0.382 e. The molecule has 1 N–H and O–H groups in total. The number of hydrogen-bond acceptors (Lipinski definition) is 2. The van der Waals surface area contributed by atoms with Gasteiger partial charge in [-0.3, -0.25) is 0 Å². The Morgan fingerprint density at radius 1 is 1.06 bits per heavy atom. The molecule has 0 amide bonds. The van der Waals surface area contributed by atoms with Crippen molar-refractivity contribution in [3.63, 3.8) is 0 Å². The molecule has 0 aliphatic heterocycles. The van der Waals surface area contributed by atoms with E-state index in [9.17, 15) is 13.2 Å². The lowest BCUT2D eigenvalue weighted by molar-refractivity contribution is -0.208. The van der Waals surface area contributed by atoms with Crippen molar-refractivity contribution in [1.29, 1.82) is 0 Å². The summed E-state index contributed by atoms with van der Waals surface area (Å²) in [5.41, 5.74) is 0. The van der Waals surface area contributed by atoms with Gasteiger partial charge in [0.2, 0.25) is 0 Å². The van der Waals surface area contributed by atoms with Crippen molar-refractivity contribution in [2.75, 3.05) is 19.6 Å². The number of hydrogen-bond donors (Lipinski definition) is 1. The summed E-state index contributed by atoms with van der Waals surface area (Å²) in [6.07, 6.45) is -4.84. The highest BCUT2D eigenvalue weighted by molar-refractivity contribution is 4.72. The summed E-state index contributed by atoms with van der Waals surface area (Å²) >= 11 is 0. The van der Waals surface area contributed by atoms with Crippen LogP contribution in [0.15, 0.2) is 0 Å². The van der Waals surface area contributed by atoms with E-state index < -0.39 is 12.3 Å². The monoisotopic (exact) mass is 241 g/mol. The van der Waals surface area contributed by atoms with Crippen molar-refractivity contribution in [2.24, 2.45) is 5.92 Å². The molecule has 0 heterocycles. The van der Waals surface area contributed by atoms with E-state index in [-0.39, 0.29) is 6.54 Å². The van der Waals surface area contributed by atoms with Crippen LogP contribution in [0.25, 0.3) is 0 Å². The summed E-state index contributed by atoms with van der Waals surface area (Å²) in [5.74, 6) is 0.403. The predicted molar refractivity (Wildman–Crippen MR) is 58.2 cm³/mol. The molecule has 0 bridgehead atoms. The lowest BCUT2D eigenvalue weighted by Crippen LogP contribution is -2.42. The minimum absolute atomic E-state index is 0.323. The van der Waals surface area contributed by atoms with E-state index >= 15 is 0 Å². The van der Waals surface area contributed by atoms with Gasteiger partial charge in [-0.05, 0) is 12.5 Å². The summed E-state index contributed by atoms with van der Waals surface area (Å²) in [4.78, 5) is 1.66. The van der Waals surface area contributed by atoms with Crippen LogP contribution in [0, 0.1) is 5.92 Å². The second-order valence-electron chi connectivity index (χ2n) is 4.09. The fraction of sp³-hybridized carbons (Fsp3) is 1.00. The molecule has 98 valence electrons. The number of halogens is 3. The molecule has 0 aliphatic rings. The van der Waals surface area contributed by atoms with Crippen molar-refractivity contribution in [3.8, 4) is 0 Å². The number of aliphatic hydroxyl groups is 1. The fourth-order valence-electron chi connectivity index (χ4n) is 1.59. The Morgan fingerprint density at radius 3 is 1.88 bits per heavy atom.